The largest absolute Gasteiger partial charge is 0.350 e. The maximum atomic E-state index is 10.8. The standard InChI is InChI=1S/C8H13NO/c1-2-6-5-8(6)4-3-7(10)9-8/h6H,2-5H2,1H3,(H,9,10)/t6-,8+/m1/s1. The van der Waals surface area contributed by atoms with E-state index >= 15 is 0 Å². The Labute approximate surface area is 61.0 Å². The summed E-state index contributed by atoms with van der Waals surface area (Å²) in [5, 5.41) is 3.07. The molecule has 10 heavy (non-hydrogen) atoms. The van der Waals surface area contributed by atoms with Crippen molar-refractivity contribution in [3.63, 3.8) is 0 Å². The van der Waals surface area contributed by atoms with Crippen LogP contribution in [-0.2, 0) is 4.79 Å². The molecular formula is C8H13NO. The first-order valence-corrected chi connectivity index (χ1v) is 4.08. The highest BCUT2D eigenvalue weighted by Crippen LogP contribution is 2.51. The molecule has 2 aliphatic rings. The molecule has 0 aromatic heterocycles. The molecule has 0 radical (unpaired) electrons. The van der Waals surface area contributed by atoms with Gasteiger partial charge in [0.2, 0.25) is 5.91 Å². The van der Waals surface area contributed by atoms with Gasteiger partial charge in [0.15, 0.2) is 0 Å². The Morgan fingerprint density at radius 1 is 1.80 bits per heavy atom. The molecule has 2 nitrogen and oxygen atoms in total. The van der Waals surface area contributed by atoms with Gasteiger partial charge in [0.1, 0.15) is 0 Å². The van der Waals surface area contributed by atoms with E-state index in [1.807, 2.05) is 0 Å². The van der Waals surface area contributed by atoms with E-state index in [4.69, 9.17) is 0 Å². The number of carbonyl (C=O) groups excluding carboxylic acids is 1. The van der Waals surface area contributed by atoms with Crippen LogP contribution in [0.4, 0.5) is 0 Å². The fraction of sp³-hybridized carbons (Fsp3) is 0.875. The first-order valence-electron chi connectivity index (χ1n) is 4.08. The van der Waals surface area contributed by atoms with E-state index in [1.165, 1.54) is 12.8 Å². The molecule has 2 rings (SSSR count). The van der Waals surface area contributed by atoms with Gasteiger partial charge in [0.05, 0.1) is 0 Å². The fourth-order valence-electron chi connectivity index (χ4n) is 2.11. The molecule has 1 saturated heterocycles. The average molecular weight is 139 g/mol. The van der Waals surface area contributed by atoms with Crippen molar-refractivity contribution in [2.24, 2.45) is 5.92 Å². The molecule has 1 heterocycles. The SMILES string of the molecule is CC[C@@H]1C[C@@]12CCC(=O)N2. The van der Waals surface area contributed by atoms with E-state index in [1.54, 1.807) is 0 Å². The van der Waals surface area contributed by atoms with E-state index in [0.717, 1.165) is 18.8 Å². The van der Waals surface area contributed by atoms with Crippen LogP contribution in [0.5, 0.6) is 0 Å². The van der Waals surface area contributed by atoms with E-state index in [2.05, 4.69) is 12.2 Å². The summed E-state index contributed by atoms with van der Waals surface area (Å²) in [5.74, 6) is 1.05. The first-order chi connectivity index (χ1) is 4.77. The van der Waals surface area contributed by atoms with Crippen molar-refractivity contribution < 1.29 is 4.79 Å². The highest BCUT2D eigenvalue weighted by atomic mass is 16.2. The maximum Gasteiger partial charge on any atom is 0.220 e. The Morgan fingerprint density at radius 3 is 3.00 bits per heavy atom. The lowest BCUT2D eigenvalue weighted by molar-refractivity contribution is -0.119. The van der Waals surface area contributed by atoms with Gasteiger partial charge in [-0.25, -0.2) is 0 Å². The van der Waals surface area contributed by atoms with E-state index in [0.29, 0.717) is 0 Å². The Balaban J connectivity index is 2.02. The van der Waals surface area contributed by atoms with Crippen molar-refractivity contribution in [3.8, 4) is 0 Å². The lowest BCUT2D eigenvalue weighted by atomic mass is 10.1. The lowest BCUT2D eigenvalue weighted by Crippen LogP contribution is -2.28. The monoisotopic (exact) mass is 139 g/mol. The molecule has 2 fully saturated rings. The topological polar surface area (TPSA) is 29.1 Å². The molecule has 1 amide bonds. The third kappa shape index (κ3) is 0.678. The van der Waals surface area contributed by atoms with E-state index in [-0.39, 0.29) is 11.4 Å². The smallest absolute Gasteiger partial charge is 0.220 e. The van der Waals surface area contributed by atoms with Crippen molar-refractivity contribution in [3.05, 3.63) is 0 Å². The van der Waals surface area contributed by atoms with Crippen molar-refractivity contribution in [2.75, 3.05) is 0 Å². The summed E-state index contributed by atoms with van der Waals surface area (Å²) >= 11 is 0. The van der Waals surface area contributed by atoms with Crippen molar-refractivity contribution in [1.82, 2.24) is 5.32 Å². The fourth-order valence-corrected chi connectivity index (χ4v) is 2.11. The summed E-state index contributed by atoms with van der Waals surface area (Å²) in [6.45, 7) is 2.20. The number of nitrogens with one attached hydrogen (secondary N) is 1. The Kier molecular flexibility index (Phi) is 1.08. The van der Waals surface area contributed by atoms with Crippen molar-refractivity contribution in [2.45, 2.75) is 38.1 Å². The molecule has 0 unspecified atom stereocenters. The highest BCUT2D eigenvalue weighted by Gasteiger charge is 2.56. The molecule has 0 bridgehead atoms. The Hall–Kier alpha value is -0.530. The predicted octanol–water partition coefficient (Wildman–Crippen LogP) is 1.07. The lowest BCUT2D eigenvalue weighted by Gasteiger charge is -2.06. The zero-order valence-corrected chi connectivity index (χ0v) is 6.31. The van der Waals surface area contributed by atoms with E-state index in [9.17, 15) is 4.79 Å². The highest BCUT2D eigenvalue weighted by molar-refractivity contribution is 5.80. The van der Waals surface area contributed by atoms with Gasteiger partial charge in [-0.3, -0.25) is 4.79 Å². The van der Waals surface area contributed by atoms with Crippen LogP contribution in [0.2, 0.25) is 0 Å². The molecule has 0 aromatic carbocycles. The average Bonchev–Trinajstić information content (AvgIpc) is 2.46. The number of carbonyl (C=O) groups is 1. The van der Waals surface area contributed by atoms with Gasteiger partial charge in [-0.05, 0) is 18.8 Å². The van der Waals surface area contributed by atoms with Crippen LogP contribution in [0.3, 0.4) is 0 Å². The second kappa shape index (κ2) is 1.74. The van der Waals surface area contributed by atoms with Crippen molar-refractivity contribution >= 4 is 5.91 Å². The Bertz CT molecular complexity index is 178. The van der Waals surface area contributed by atoms with E-state index < -0.39 is 0 Å². The van der Waals surface area contributed by atoms with Crippen LogP contribution in [0.25, 0.3) is 0 Å². The van der Waals surface area contributed by atoms with Gasteiger partial charge in [0, 0.05) is 12.0 Å². The van der Waals surface area contributed by atoms with Gasteiger partial charge in [-0.1, -0.05) is 13.3 Å². The van der Waals surface area contributed by atoms with Crippen LogP contribution >= 0.6 is 0 Å². The molecule has 1 saturated carbocycles. The van der Waals surface area contributed by atoms with Gasteiger partial charge >= 0.3 is 0 Å². The van der Waals surface area contributed by atoms with Crippen LogP contribution < -0.4 is 5.32 Å². The molecule has 2 heteroatoms. The van der Waals surface area contributed by atoms with Crippen LogP contribution in [-0.4, -0.2) is 11.4 Å². The number of hydrogen-bond donors (Lipinski definition) is 1. The van der Waals surface area contributed by atoms with Crippen LogP contribution in [0, 0.1) is 5.92 Å². The molecule has 1 spiro atoms. The molecular weight excluding hydrogens is 126 g/mol. The molecule has 56 valence electrons. The summed E-state index contributed by atoms with van der Waals surface area (Å²) in [6, 6.07) is 0. The number of rotatable bonds is 1. The molecule has 0 aromatic rings. The van der Waals surface area contributed by atoms with Crippen LogP contribution in [0.1, 0.15) is 32.6 Å². The molecule has 2 atom stereocenters. The zero-order chi connectivity index (χ0) is 7.19. The summed E-state index contributed by atoms with van der Waals surface area (Å²) in [6.07, 6.45) is 4.30. The van der Waals surface area contributed by atoms with Gasteiger partial charge in [-0.15, -0.1) is 0 Å². The second-order valence-corrected chi connectivity index (χ2v) is 3.51. The second-order valence-electron chi connectivity index (χ2n) is 3.51. The minimum absolute atomic E-state index is 0.260. The third-order valence-electron chi connectivity index (χ3n) is 2.91. The molecule has 1 N–H and O–H groups in total. The number of hydrogen-bond acceptors (Lipinski definition) is 1. The maximum absolute atomic E-state index is 10.8. The predicted molar refractivity (Wildman–Crippen MR) is 38.5 cm³/mol. The number of amides is 1. The zero-order valence-electron chi connectivity index (χ0n) is 6.31. The Morgan fingerprint density at radius 2 is 2.60 bits per heavy atom. The third-order valence-corrected chi connectivity index (χ3v) is 2.91. The van der Waals surface area contributed by atoms with Crippen molar-refractivity contribution in [1.29, 1.82) is 0 Å². The first kappa shape index (κ1) is 6.20. The molecule has 1 aliphatic carbocycles. The minimum atomic E-state index is 0.260. The molecule has 1 aliphatic heterocycles. The minimum Gasteiger partial charge on any atom is -0.350 e. The van der Waals surface area contributed by atoms with Gasteiger partial charge < -0.3 is 5.32 Å². The summed E-state index contributed by atoms with van der Waals surface area (Å²) in [7, 11) is 0. The summed E-state index contributed by atoms with van der Waals surface area (Å²) < 4.78 is 0. The summed E-state index contributed by atoms with van der Waals surface area (Å²) in [4.78, 5) is 10.8. The van der Waals surface area contributed by atoms with Crippen LogP contribution in [0.15, 0.2) is 0 Å². The normalized spacial score (nSPS) is 44.1. The quantitative estimate of drug-likeness (QED) is 0.578. The van der Waals surface area contributed by atoms with Gasteiger partial charge in [-0.2, -0.15) is 0 Å². The summed E-state index contributed by atoms with van der Waals surface area (Å²) in [5.41, 5.74) is 0.284. The van der Waals surface area contributed by atoms with Gasteiger partial charge in [0.25, 0.3) is 0 Å².